The number of aromatic nitrogens is 1. The minimum absolute atomic E-state index is 0.108. The normalized spacial score (nSPS) is 15.2. The van der Waals surface area contributed by atoms with Crippen molar-refractivity contribution >= 4 is 34.0 Å². The van der Waals surface area contributed by atoms with Crippen molar-refractivity contribution in [3.05, 3.63) is 70.4 Å². The van der Waals surface area contributed by atoms with Crippen molar-refractivity contribution in [1.82, 2.24) is 4.98 Å². The first kappa shape index (κ1) is 18.9. The van der Waals surface area contributed by atoms with Gasteiger partial charge in [-0.1, -0.05) is 23.7 Å². The van der Waals surface area contributed by atoms with Gasteiger partial charge in [0.15, 0.2) is 5.78 Å². The van der Waals surface area contributed by atoms with Crippen molar-refractivity contribution in [3.63, 3.8) is 0 Å². The van der Waals surface area contributed by atoms with Gasteiger partial charge in [0.25, 0.3) is 0 Å². The Morgan fingerprint density at radius 3 is 2.50 bits per heavy atom. The molecule has 0 bridgehead atoms. The Hall–Kier alpha value is -2.43. The Bertz CT molecular complexity index is 1010. The molecule has 1 aliphatic rings. The fraction of sp³-hybridized carbons (Fsp3) is 0.304. The quantitative estimate of drug-likeness (QED) is 0.545. The van der Waals surface area contributed by atoms with E-state index in [9.17, 15) is 4.79 Å². The molecule has 28 heavy (non-hydrogen) atoms. The summed E-state index contributed by atoms with van der Waals surface area (Å²) in [5, 5.41) is 1.77. The van der Waals surface area contributed by atoms with E-state index in [1.807, 2.05) is 24.3 Å². The maximum absolute atomic E-state index is 11.4. The molecule has 3 aromatic rings. The zero-order valence-corrected chi connectivity index (χ0v) is 17.1. The van der Waals surface area contributed by atoms with E-state index in [1.54, 1.807) is 6.92 Å². The van der Waals surface area contributed by atoms with E-state index in [0.717, 1.165) is 54.8 Å². The minimum Gasteiger partial charge on any atom is -0.360 e. The van der Waals surface area contributed by atoms with Gasteiger partial charge in [-0.25, -0.2) is 4.98 Å². The van der Waals surface area contributed by atoms with Crippen LogP contribution in [0.25, 0.3) is 10.9 Å². The molecule has 2 heterocycles. The summed E-state index contributed by atoms with van der Waals surface area (Å²) < 4.78 is 0. The van der Waals surface area contributed by atoms with Crippen LogP contribution < -0.4 is 9.80 Å². The number of benzene rings is 2. The summed E-state index contributed by atoms with van der Waals surface area (Å²) in [5.41, 5.74) is 5.23. The van der Waals surface area contributed by atoms with E-state index in [4.69, 9.17) is 11.6 Å². The van der Waals surface area contributed by atoms with Crippen LogP contribution in [0.15, 0.2) is 48.5 Å². The average molecular weight is 395 g/mol. The van der Waals surface area contributed by atoms with E-state index >= 15 is 0 Å². The lowest BCUT2D eigenvalue weighted by Gasteiger charge is -2.33. The SMILES string of the molecule is CC(=O)c1ccc(N2CC[NH+](Cc3cc4ccc(C)cc4nc3Cl)CC2)cc1. The van der Waals surface area contributed by atoms with Gasteiger partial charge in [-0.2, -0.15) is 0 Å². The van der Waals surface area contributed by atoms with E-state index in [-0.39, 0.29) is 5.78 Å². The Balaban J connectivity index is 1.41. The molecule has 0 spiro atoms. The number of pyridine rings is 1. The number of rotatable bonds is 4. The molecular formula is C23H25ClN3O+. The number of quaternary nitrogens is 1. The standard InChI is InChI=1S/C23H24ClN3O/c1-16-3-4-19-14-20(23(24)25-22(19)13-16)15-26-9-11-27(12-10-26)21-7-5-18(6-8-21)17(2)28/h3-8,13-14H,9-12,15H2,1-2H3/p+1. The Kier molecular flexibility index (Phi) is 5.33. The number of hydrogen-bond acceptors (Lipinski definition) is 3. The predicted octanol–water partition coefficient (Wildman–Crippen LogP) is 3.30. The molecule has 144 valence electrons. The molecule has 1 aromatic heterocycles. The van der Waals surface area contributed by atoms with Gasteiger partial charge in [-0.05, 0) is 55.8 Å². The zero-order chi connectivity index (χ0) is 19.7. The number of piperazine rings is 1. The lowest BCUT2D eigenvalue weighted by atomic mass is 10.1. The van der Waals surface area contributed by atoms with Crippen LogP contribution in [0.4, 0.5) is 5.69 Å². The smallest absolute Gasteiger partial charge is 0.159 e. The van der Waals surface area contributed by atoms with E-state index in [2.05, 4.69) is 41.1 Å². The van der Waals surface area contributed by atoms with Gasteiger partial charge in [0.1, 0.15) is 11.7 Å². The molecule has 0 aliphatic carbocycles. The number of halogens is 1. The van der Waals surface area contributed by atoms with Gasteiger partial charge in [0.05, 0.1) is 31.7 Å². The highest BCUT2D eigenvalue weighted by molar-refractivity contribution is 6.30. The molecule has 0 saturated carbocycles. The van der Waals surface area contributed by atoms with Gasteiger partial charge in [0.2, 0.25) is 0 Å². The molecule has 2 aromatic carbocycles. The van der Waals surface area contributed by atoms with Crippen LogP contribution in [0.3, 0.4) is 0 Å². The van der Waals surface area contributed by atoms with Gasteiger partial charge < -0.3 is 9.80 Å². The second kappa shape index (κ2) is 7.90. The summed E-state index contributed by atoms with van der Waals surface area (Å²) in [6, 6.07) is 16.4. The summed E-state index contributed by atoms with van der Waals surface area (Å²) in [6.07, 6.45) is 0. The molecule has 1 aliphatic heterocycles. The summed E-state index contributed by atoms with van der Waals surface area (Å²) in [5.74, 6) is 0.108. The fourth-order valence-electron chi connectivity index (χ4n) is 3.86. The van der Waals surface area contributed by atoms with Crippen LogP contribution in [0, 0.1) is 6.92 Å². The molecule has 4 rings (SSSR count). The third-order valence-corrected chi connectivity index (χ3v) is 5.88. The zero-order valence-electron chi connectivity index (χ0n) is 16.3. The number of Topliss-reactive ketones (excluding diaryl/α,β-unsaturated/α-hetero) is 1. The minimum atomic E-state index is 0.108. The van der Waals surface area contributed by atoms with Gasteiger partial charge in [-0.3, -0.25) is 4.79 Å². The largest absolute Gasteiger partial charge is 0.360 e. The van der Waals surface area contributed by atoms with Crippen molar-refractivity contribution in [3.8, 4) is 0 Å². The van der Waals surface area contributed by atoms with Crippen LogP contribution in [-0.2, 0) is 6.54 Å². The first-order valence-electron chi connectivity index (χ1n) is 9.75. The molecule has 0 radical (unpaired) electrons. The summed E-state index contributed by atoms with van der Waals surface area (Å²) in [4.78, 5) is 19.9. The number of aryl methyl sites for hydroxylation is 1. The summed E-state index contributed by atoms with van der Waals surface area (Å²) in [6.45, 7) is 8.66. The van der Waals surface area contributed by atoms with E-state index in [0.29, 0.717) is 5.15 Å². The highest BCUT2D eigenvalue weighted by atomic mass is 35.5. The number of ketones is 1. The number of carbonyl (C=O) groups excluding carboxylic acids is 1. The second-order valence-electron chi connectivity index (χ2n) is 7.65. The van der Waals surface area contributed by atoms with Crippen LogP contribution >= 0.6 is 11.6 Å². The molecule has 1 fully saturated rings. The molecule has 1 N–H and O–H groups in total. The predicted molar refractivity (Wildman–Crippen MR) is 115 cm³/mol. The third-order valence-electron chi connectivity index (χ3n) is 5.55. The first-order chi connectivity index (χ1) is 13.5. The van der Waals surface area contributed by atoms with Gasteiger partial charge in [0, 0.05) is 22.2 Å². The molecule has 0 atom stereocenters. The van der Waals surface area contributed by atoms with Crippen molar-refractivity contribution in [2.75, 3.05) is 31.1 Å². The highest BCUT2D eigenvalue weighted by Gasteiger charge is 2.22. The van der Waals surface area contributed by atoms with Crippen molar-refractivity contribution < 1.29 is 9.69 Å². The topological polar surface area (TPSA) is 37.6 Å². The number of nitrogens with zero attached hydrogens (tertiary/aromatic N) is 2. The number of anilines is 1. The lowest BCUT2D eigenvalue weighted by molar-refractivity contribution is -0.914. The van der Waals surface area contributed by atoms with E-state index in [1.165, 1.54) is 16.2 Å². The van der Waals surface area contributed by atoms with Crippen LogP contribution in [0.1, 0.15) is 28.4 Å². The van der Waals surface area contributed by atoms with Crippen molar-refractivity contribution in [1.29, 1.82) is 0 Å². The maximum atomic E-state index is 11.4. The lowest BCUT2D eigenvalue weighted by Crippen LogP contribution is -3.13. The van der Waals surface area contributed by atoms with Crippen LogP contribution in [0.5, 0.6) is 0 Å². The Morgan fingerprint density at radius 2 is 1.82 bits per heavy atom. The second-order valence-corrected chi connectivity index (χ2v) is 8.01. The van der Waals surface area contributed by atoms with Crippen LogP contribution in [0.2, 0.25) is 5.15 Å². The van der Waals surface area contributed by atoms with E-state index < -0.39 is 0 Å². The molecule has 5 heteroatoms. The molecular weight excluding hydrogens is 370 g/mol. The van der Waals surface area contributed by atoms with Gasteiger partial charge in [-0.15, -0.1) is 0 Å². The summed E-state index contributed by atoms with van der Waals surface area (Å²) in [7, 11) is 0. The maximum Gasteiger partial charge on any atom is 0.159 e. The number of hydrogen-bond donors (Lipinski definition) is 1. The number of fused-ring (bicyclic) bond motifs is 1. The van der Waals surface area contributed by atoms with Gasteiger partial charge >= 0.3 is 0 Å². The number of carbonyl (C=O) groups is 1. The molecule has 4 nitrogen and oxygen atoms in total. The molecule has 1 saturated heterocycles. The Morgan fingerprint density at radius 1 is 1.11 bits per heavy atom. The summed E-state index contributed by atoms with van der Waals surface area (Å²) >= 11 is 6.48. The number of nitrogens with one attached hydrogen (secondary N) is 1. The average Bonchev–Trinajstić information content (AvgIpc) is 2.69. The molecule has 0 unspecified atom stereocenters. The monoisotopic (exact) mass is 394 g/mol. The molecule has 0 amide bonds. The Labute approximate surface area is 170 Å². The highest BCUT2D eigenvalue weighted by Crippen LogP contribution is 2.21. The van der Waals surface area contributed by atoms with Crippen molar-refractivity contribution in [2.24, 2.45) is 0 Å². The van der Waals surface area contributed by atoms with Crippen molar-refractivity contribution in [2.45, 2.75) is 20.4 Å². The fourth-order valence-corrected chi connectivity index (χ4v) is 4.07. The van der Waals surface area contributed by atoms with Crippen LogP contribution in [-0.4, -0.2) is 36.9 Å². The first-order valence-corrected chi connectivity index (χ1v) is 10.1. The third kappa shape index (κ3) is 4.03.